The number of carbonyl (C=O) groups is 1. The van der Waals surface area contributed by atoms with Gasteiger partial charge in [0, 0.05) is 6.54 Å². The first kappa shape index (κ1) is 17.6. The molecule has 0 aliphatic heterocycles. The van der Waals surface area contributed by atoms with Gasteiger partial charge in [-0.3, -0.25) is 4.79 Å². The predicted molar refractivity (Wildman–Crippen MR) is 78.9 cm³/mol. The smallest absolute Gasteiger partial charge is 0.254 e. The van der Waals surface area contributed by atoms with E-state index in [-0.39, 0.29) is 21.4 Å². The van der Waals surface area contributed by atoms with E-state index in [4.69, 9.17) is 5.14 Å². The topological polar surface area (TPSA) is 89.3 Å². The molecule has 0 saturated carbocycles. The monoisotopic (exact) mass is 316 g/mol. The number of sulfonamides is 1. The third-order valence-electron chi connectivity index (χ3n) is 2.98. The van der Waals surface area contributed by atoms with Crippen molar-refractivity contribution in [2.24, 2.45) is 10.6 Å². The fraction of sp³-hybridized carbons (Fsp3) is 0.500. The van der Waals surface area contributed by atoms with Gasteiger partial charge in [-0.2, -0.15) is 0 Å². The summed E-state index contributed by atoms with van der Waals surface area (Å²) in [5, 5.41) is 7.63. The Morgan fingerprint density at radius 3 is 2.38 bits per heavy atom. The highest BCUT2D eigenvalue weighted by Gasteiger charge is 2.20. The van der Waals surface area contributed by atoms with Gasteiger partial charge in [0.05, 0.1) is 10.5 Å². The van der Waals surface area contributed by atoms with Crippen LogP contribution in [0.5, 0.6) is 0 Å². The van der Waals surface area contributed by atoms with Crippen LogP contribution in [-0.2, 0) is 10.0 Å². The number of benzene rings is 1. The number of halogens is 1. The Bertz CT molecular complexity index is 649. The summed E-state index contributed by atoms with van der Waals surface area (Å²) in [5.74, 6) is -1.42. The molecule has 0 radical (unpaired) electrons. The number of aryl methyl sites for hydroxylation is 1. The van der Waals surface area contributed by atoms with Crippen molar-refractivity contribution >= 4 is 15.9 Å². The summed E-state index contributed by atoms with van der Waals surface area (Å²) in [4.78, 5) is 11.7. The first-order valence-corrected chi connectivity index (χ1v) is 8.07. The maximum atomic E-state index is 13.8. The summed E-state index contributed by atoms with van der Waals surface area (Å²) in [6.45, 7) is 7.85. The van der Waals surface area contributed by atoms with Gasteiger partial charge in [0.1, 0.15) is 5.82 Å². The van der Waals surface area contributed by atoms with Crippen molar-refractivity contribution < 1.29 is 17.6 Å². The van der Waals surface area contributed by atoms with Crippen LogP contribution in [-0.4, -0.2) is 20.9 Å². The van der Waals surface area contributed by atoms with E-state index in [1.165, 1.54) is 6.92 Å². The van der Waals surface area contributed by atoms with Crippen LogP contribution in [0.25, 0.3) is 0 Å². The number of nitrogens with one attached hydrogen (secondary N) is 1. The van der Waals surface area contributed by atoms with Gasteiger partial charge in [0.15, 0.2) is 0 Å². The molecule has 3 N–H and O–H groups in total. The van der Waals surface area contributed by atoms with Crippen molar-refractivity contribution in [1.82, 2.24) is 5.32 Å². The van der Waals surface area contributed by atoms with Crippen LogP contribution in [0.15, 0.2) is 17.0 Å². The normalized spacial score (nSPS) is 12.3. The fourth-order valence-electron chi connectivity index (χ4n) is 1.78. The Kier molecular flexibility index (Phi) is 5.11. The van der Waals surface area contributed by atoms with Crippen LogP contribution in [0.1, 0.15) is 43.1 Å². The number of amides is 1. The molecule has 0 aliphatic carbocycles. The maximum Gasteiger partial charge on any atom is 0.254 e. The summed E-state index contributed by atoms with van der Waals surface area (Å²) < 4.78 is 36.7. The van der Waals surface area contributed by atoms with E-state index in [1.54, 1.807) is 0 Å². The van der Waals surface area contributed by atoms with Crippen molar-refractivity contribution in [1.29, 1.82) is 0 Å². The van der Waals surface area contributed by atoms with E-state index >= 15 is 0 Å². The zero-order chi connectivity index (χ0) is 16.4. The van der Waals surface area contributed by atoms with E-state index in [0.717, 1.165) is 12.1 Å². The van der Waals surface area contributed by atoms with Crippen LogP contribution < -0.4 is 10.5 Å². The molecule has 0 fully saturated rings. The molecule has 1 amide bonds. The molecule has 1 aromatic rings. The minimum atomic E-state index is -4.00. The fourth-order valence-corrected chi connectivity index (χ4v) is 2.57. The number of primary sulfonamides is 1. The molecule has 0 saturated heterocycles. The van der Waals surface area contributed by atoms with E-state index in [1.807, 2.05) is 20.8 Å². The van der Waals surface area contributed by atoms with Gasteiger partial charge in [-0.05, 0) is 36.5 Å². The molecule has 1 aromatic carbocycles. The summed E-state index contributed by atoms with van der Waals surface area (Å²) in [5.41, 5.74) is -0.120. The second-order valence-electron chi connectivity index (χ2n) is 6.21. The SMILES string of the molecule is Cc1cc(F)c(C(=O)NCCC(C)(C)C)cc1S(N)(=O)=O. The Morgan fingerprint density at radius 2 is 1.90 bits per heavy atom. The van der Waals surface area contributed by atoms with Gasteiger partial charge in [-0.25, -0.2) is 17.9 Å². The van der Waals surface area contributed by atoms with Crippen molar-refractivity contribution in [3.05, 3.63) is 29.1 Å². The molecule has 118 valence electrons. The third-order valence-corrected chi connectivity index (χ3v) is 4.03. The van der Waals surface area contributed by atoms with E-state index < -0.39 is 21.7 Å². The number of hydrogen-bond acceptors (Lipinski definition) is 3. The number of rotatable bonds is 4. The first-order valence-electron chi connectivity index (χ1n) is 6.53. The number of nitrogens with two attached hydrogens (primary N) is 1. The molecule has 0 atom stereocenters. The molecule has 0 heterocycles. The lowest BCUT2D eigenvalue weighted by molar-refractivity contribution is 0.0945. The Labute approximate surface area is 124 Å². The molecule has 0 aromatic heterocycles. The summed E-state index contributed by atoms with van der Waals surface area (Å²) >= 11 is 0. The van der Waals surface area contributed by atoms with Crippen LogP contribution in [0.3, 0.4) is 0 Å². The molecular weight excluding hydrogens is 295 g/mol. The molecule has 0 spiro atoms. The molecule has 1 rings (SSSR count). The summed E-state index contributed by atoms with van der Waals surface area (Å²) in [6, 6.07) is 1.98. The average molecular weight is 316 g/mol. The van der Waals surface area contributed by atoms with Gasteiger partial charge in [0.2, 0.25) is 10.0 Å². The Balaban J connectivity index is 3.00. The number of hydrogen-bond donors (Lipinski definition) is 2. The van der Waals surface area contributed by atoms with Gasteiger partial charge < -0.3 is 5.32 Å². The van der Waals surface area contributed by atoms with Crippen LogP contribution in [0, 0.1) is 18.2 Å². The highest BCUT2D eigenvalue weighted by Crippen LogP contribution is 2.20. The van der Waals surface area contributed by atoms with Crippen LogP contribution in [0.2, 0.25) is 0 Å². The second kappa shape index (κ2) is 6.11. The average Bonchev–Trinajstić information content (AvgIpc) is 2.24. The molecule has 0 aliphatic rings. The van der Waals surface area contributed by atoms with Gasteiger partial charge in [0.25, 0.3) is 5.91 Å². The standard InChI is InChI=1S/C14H21FN2O3S/c1-9-7-11(15)10(8-12(9)21(16,19)20)13(18)17-6-5-14(2,3)4/h7-8H,5-6H2,1-4H3,(H,17,18)(H2,16,19,20). The van der Waals surface area contributed by atoms with E-state index in [2.05, 4.69) is 5.32 Å². The molecule has 5 nitrogen and oxygen atoms in total. The van der Waals surface area contributed by atoms with Gasteiger partial charge in [-0.1, -0.05) is 20.8 Å². The minimum absolute atomic E-state index is 0.0326. The second-order valence-corrected chi connectivity index (χ2v) is 7.74. The van der Waals surface area contributed by atoms with E-state index in [9.17, 15) is 17.6 Å². The molecular formula is C14H21FN2O3S. The lowest BCUT2D eigenvalue weighted by Gasteiger charge is -2.18. The van der Waals surface area contributed by atoms with Gasteiger partial charge >= 0.3 is 0 Å². The number of carbonyl (C=O) groups excluding carboxylic acids is 1. The molecule has 0 bridgehead atoms. The first-order chi connectivity index (χ1) is 9.42. The lowest BCUT2D eigenvalue weighted by atomic mass is 9.92. The largest absolute Gasteiger partial charge is 0.352 e. The highest BCUT2D eigenvalue weighted by molar-refractivity contribution is 7.89. The lowest BCUT2D eigenvalue weighted by Crippen LogP contribution is -2.28. The van der Waals surface area contributed by atoms with Gasteiger partial charge in [-0.15, -0.1) is 0 Å². The quantitative estimate of drug-likeness (QED) is 0.889. The Hall–Kier alpha value is -1.47. The van der Waals surface area contributed by atoms with Crippen molar-refractivity contribution in [3.63, 3.8) is 0 Å². The summed E-state index contributed by atoms with van der Waals surface area (Å²) in [7, 11) is -4.00. The molecule has 21 heavy (non-hydrogen) atoms. The minimum Gasteiger partial charge on any atom is -0.352 e. The van der Waals surface area contributed by atoms with Crippen molar-refractivity contribution in [3.8, 4) is 0 Å². The predicted octanol–water partition coefficient (Wildman–Crippen LogP) is 1.95. The van der Waals surface area contributed by atoms with Crippen molar-refractivity contribution in [2.75, 3.05) is 6.54 Å². The highest BCUT2D eigenvalue weighted by atomic mass is 32.2. The maximum absolute atomic E-state index is 13.8. The van der Waals surface area contributed by atoms with E-state index in [0.29, 0.717) is 13.0 Å². The molecule has 0 unspecified atom stereocenters. The molecule has 7 heteroatoms. The third kappa shape index (κ3) is 5.09. The summed E-state index contributed by atoms with van der Waals surface area (Å²) in [6.07, 6.45) is 0.717. The zero-order valence-electron chi connectivity index (χ0n) is 12.7. The van der Waals surface area contributed by atoms with Crippen molar-refractivity contribution in [2.45, 2.75) is 39.0 Å². The van der Waals surface area contributed by atoms with Crippen LogP contribution in [0.4, 0.5) is 4.39 Å². The zero-order valence-corrected chi connectivity index (χ0v) is 13.5. The van der Waals surface area contributed by atoms with Crippen LogP contribution >= 0.6 is 0 Å². The Morgan fingerprint density at radius 1 is 1.33 bits per heavy atom.